The van der Waals surface area contributed by atoms with E-state index < -0.39 is 59.9 Å². The van der Waals surface area contributed by atoms with E-state index >= 15 is 17.6 Å². The van der Waals surface area contributed by atoms with E-state index in [0.717, 1.165) is 23.3 Å². The first kappa shape index (κ1) is 40.7. The van der Waals surface area contributed by atoms with E-state index in [1.54, 1.807) is 60.7 Å². The first-order valence-corrected chi connectivity index (χ1v) is 24.1. The van der Waals surface area contributed by atoms with E-state index in [9.17, 15) is 16.8 Å². The van der Waals surface area contributed by atoms with E-state index in [1.807, 2.05) is 13.8 Å². The van der Waals surface area contributed by atoms with Crippen LogP contribution in [-0.2, 0) is 49.5 Å². The van der Waals surface area contributed by atoms with Crippen molar-refractivity contribution in [3.05, 3.63) is 163 Å². The van der Waals surface area contributed by atoms with Gasteiger partial charge in [-0.15, -0.1) is 0 Å². The number of benzene rings is 4. The SMILES string of the molecule is Cc1ccc(S(=O)(=O)NCCCc2ccc(F)[c]([Ti]([C]3=CC=CC3)([C]3=CC=CC3)[c]3c(F)ccc(CCCNS(=O)(=O)c4ccc(C)cc4)c3F)c2F)cc1. The Morgan fingerprint density at radius 2 is 0.945 bits per heavy atom. The van der Waals surface area contributed by atoms with Gasteiger partial charge in [-0.1, -0.05) is 0 Å². The van der Waals surface area contributed by atoms with Crippen LogP contribution in [0.1, 0.15) is 47.9 Å². The van der Waals surface area contributed by atoms with Crippen LogP contribution in [0.15, 0.2) is 127 Å². The molecular weight excluding hydrogens is 784 g/mol. The van der Waals surface area contributed by atoms with Gasteiger partial charge in [-0.3, -0.25) is 0 Å². The molecule has 4 aromatic carbocycles. The van der Waals surface area contributed by atoms with E-state index in [2.05, 4.69) is 9.44 Å². The van der Waals surface area contributed by atoms with E-state index in [4.69, 9.17) is 0 Å². The second-order valence-electron chi connectivity index (χ2n) is 13.8. The number of halogens is 4. The maximum absolute atomic E-state index is 17.1. The predicted molar refractivity (Wildman–Crippen MR) is 205 cm³/mol. The van der Waals surface area contributed by atoms with Crippen molar-refractivity contribution in [1.29, 1.82) is 0 Å². The number of hydrogen-bond donors (Lipinski definition) is 2. The van der Waals surface area contributed by atoms with Crippen molar-refractivity contribution >= 4 is 27.8 Å². The van der Waals surface area contributed by atoms with Gasteiger partial charge in [-0.25, -0.2) is 0 Å². The van der Waals surface area contributed by atoms with Crippen LogP contribution in [0, 0.1) is 37.1 Å². The summed E-state index contributed by atoms with van der Waals surface area (Å²) in [5.41, 5.74) is 2.03. The molecule has 0 fully saturated rings. The predicted octanol–water partition coefficient (Wildman–Crippen LogP) is 7.47. The molecule has 288 valence electrons. The molecule has 0 aromatic heterocycles. The monoisotopic (exact) mass is 826 g/mol. The summed E-state index contributed by atoms with van der Waals surface area (Å²) in [5.74, 6) is -3.60. The summed E-state index contributed by atoms with van der Waals surface area (Å²) >= 11 is -5.10. The molecule has 2 aliphatic carbocycles. The van der Waals surface area contributed by atoms with Gasteiger partial charge in [0.1, 0.15) is 0 Å². The van der Waals surface area contributed by atoms with Crippen LogP contribution in [0.25, 0.3) is 0 Å². The fourth-order valence-corrected chi connectivity index (χ4v) is 17.8. The molecule has 2 aliphatic rings. The minimum atomic E-state index is -5.10. The Morgan fingerprint density at radius 3 is 1.29 bits per heavy atom. The van der Waals surface area contributed by atoms with E-state index in [0.29, 0.717) is 7.76 Å². The molecular formula is C42H42F4N2O4S2Ti. The Labute approximate surface area is 324 Å². The summed E-state index contributed by atoms with van der Waals surface area (Å²) in [6, 6.07) is 17.6. The van der Waals surface area contributed by atoms with Gasteiger partial charge in [-0.05, 0) is 13.8 Å². The zero-order chi connectivity index (χ0) is 39.4. The van der Waals surface area contributed by atoms with Crippen LogP contribution >= 0.6 is 0 Å². The molecule has 4 aromatic rings. The van der Waals surface area contributed by atoms with Crippen LogP contribution < -0.4 is 17.2 Å². The van der Waals surface area contributed by atoms with E-state index in [1.165, 1.54) is 36.4 Å². The van der Waals surface area contributed by atoms with Crippen LogP contribution in [0.4, 0.5) is 17.6 Å². The molecule has 0 saturated carbocycles. The van der Waals surface area contributed by atoms with Crippen LogP contribution in [0.5, 0.6) is 0 Å². The van der Waals surface area contributed by atoms with Gasteiger partial charge in [0.2, 0.25) is 0 Å². The van der Waals surface area contributed by atoms with Crippen molar-refractivity contribution in [1.82, 2.24) is 9.44 Å². The summed E-state index contributed by atoms with van der Waals surface area (Å²) in [6.45, 7) is 3.64. The second-order valence-corrected chi connectivity index (χ2v) is 23.3. The van der Waals surface area contributed by atoms with Gasteiger partial charge in [0.15, 0.2) is 0 Å². The van der Waals surface area contributed by atoms with Crippen molar-refractivity contribution in [2.75, 3.05) is 13.1 Å². The number of allylic oxidation sites excluding steroid dienone is 8. The number of hydrogen-bond acceptors (Lipinski definition) is 4. The molecule has 0 bridgehead atoms. The van der Waals surface area contributed by atoms with Gasteiger partial charge < -0.3 is 0 Å². The number of nitrogens with one attached hydrogen (secondary N) is 2. The molecule has 0 heterocycles. The summed E-state index contributed by atoms with van der Waals surface area (Å²) in [4.78, 5) is 0.191. The topological polar surface area (TPSA) is 92.3 Å². The van der Waals surface area contributed by atoms with Crippen LogP contribution in [0.3, 0.4) is 0 Å². The van der Waals surface area contributed by atoms with Crippen LogP contribution in [-0.4, -0.2) is 29.9 Å². The average Bonchev–Trinajstić information content (AvgIpc) is 3.90. The molecule has 0 aliphatic heterocycles. The molecule has 6 rings (SSSR count). The van der Waals surface area contributed by atoms with Gasteiger partial charge in [-0.2, -0.15) is 0 Å². The fourth-order valence-electron chi connectivity index (χ4n) is 7.26. The Balaban J connectivity index is 1.33. The zero-order valence-electron chi connectivity index (χ0n) is 30.5. The maximum atomic E-state index is 17.1. The second kappa shape index (κ2) is 17.1. The normalized spacial score (nSPS) is 14.4. The first-order valence-electron chi connectivity index (χ1n) is 18.1. The standard InChI is InChI=1S/2C16H16F2NO2S.2C5H5.Ti/c2*1-12-4-8-15(9-5-12)22(20,21)19-10-2-3-13-6-7-14(17)11-16(13)18;2*1-2-4-5-3-1;/h2*4-9,19H,2-3,10H2,1H3;2*1-3H,4H2;. The molecule has 0 unspecified atom stereocenters. The van der Waals surface area contributed by atoms with Crippen molar-refractivity contribution in [3.8, 4) is 0 Å². The number of sulfonamides is 2. The Hall–Kier alpha value is -3.91. The van der Waals surface area contributed by atoms with E-state index in [-0.39, 0.29) is 80.3 Å². The van der Waals surface area contributed by atoms with Crippen molar-refractivity contribution in [2.24, 2.45) is 0 Å². The molecule has 13 heteroatoms. The summed E-state index contributed by atoms with van der Waals surface area (Å²) in [5, 5.41) is 0. The molecule has 55 heavy (non-hydrogen) atoms. The molecule has 0 spiro atoms. The molecule has 0 atom stereocenters. The third kappa shape index (κ3) is 8.60. The molecule has 2 N–H and O–H groups in total. The van der Waals surface area contributed by atoms with Crippen LogP contribution in [0.2, 0.25) is 0 Å². The third-order valence-corrected chi connectivity index (χ3v) is 21.0. The minimum absolute atomic E-state index is 0.0223. The van der Waals surface area contributed by atoms with Gasteiger partial charge in [0, 0.05) is 0 Å². The zero-order valence-corrected chi connectivity index (χ0v) is 33.7. The average molecular weight is 827 g/mol. The molecule has 6 nitrogen and oxygen atoms in total. The fraction of sp³-hybridized carbons (Fsp3) is 0.238. The van der Waals surface area contributed by atoms with Crippen molar-refractivity contribution in [3.63, 3.8) is 0 Å². The van der Waals surface area contributed by atoms with Gasteiger partial charge in [0.25, 0.3) is 0 Å². The Kier molecular flexibility index (Phi) is 12.6. The number of aryl methyl sites for hydroxylation is 4. The Bertz CT molecular complexity index is 2260. The Morgan fingerprint density at radius 1 is 0.564 bits per heavy atom. The summed E-state index contributed by atoms with van der Waals surface area (Å²) < 4.78 is 124. The summed E-state index contributed by atoms with van der Waals surface area (Å²) in [7, 11) is -7.64. The molecule has 0 saturated heterocycles. The van der Waals surface area contributed by atoms with Gasteiger partial charge in [0.05, 0.1) is 0 Å². The first-order chi connectivity index (χ1) is 26.3. The molecule has 0 radical (unpaired) electrons. The number of rotatable bonds is 16. The molecule has 0 amide bonds. The van der Waals surface area contributed by atoms with Crippen molar-refractivity contribution in [2.45, 2.75) is 62.2 Å². The summed E-state index contributed by atoms with van der Waals surface area (Å²) in [6.07, 6.45) is 11.4. The van der Waals surface area contributed by atoms with Gasteiger partial charge >= 0.3 is 312 Å². The quantitative estimate of drug-likeness (QED) is 0.0697. The van der Waals surface area contributed by atoms with Crippen molar-refractivity contribution < 1.29 is 51.0 Å². The third-order valence-electron chi connectivity index (χ3n) is 10.1.